The minimum atomic E-state index is 1.21. The van der Waals surface area contributed by atoms with Gasteiger partial charge in [-0.2, -0.15) is 0 Å². The molecule has 0 saturated carbocycles. The average Bonchev–Trinajstić information content (AvgIpc) is 3.11. The maximum atomic E-state index is 2.41. The van der Waals surface area contributed by atoms with Gasteiger partial charge in [-0.25, -0.2) is 0 Å². The molecule has 0 heteroatoms. The lowest BCUT2D eigenvalue weighted by molar-refractivity contribution is 1.47. The summed E-state index contributed by atoms with van der Waals surface area (Å²) in [5.41, 5.74) is 14.9. The second-order valence-corrected chi connectivity index (χ2v) is 12.3. The van der Waals surface area contributed by atoms with E-state index in [1.165, 1.54) is 88.3 Å². The molecule has 0 unspecified atom stereocenters. The normalized spacial score (nSPS) is 11.3. The van der Waals surface area contributed by atoms with Gasteiger partial charge in [-0.3, -0.25) is 0 Å². The minimum Gasteiger partial charge on any atom is -0.0622 e. The molecule has 218 valence electrons. The Kier molecular flexibility index (Phi) is 7.04. The van der Waals surface area contributed by atoms with Crippen LogP contribution in [0.2, 0.25) is 0 Å². The van der Waals surface area contributed by atoms with Gasteiger partial charge in [0, 0.05) is 0 Å². The first-order valence-electron chi connectivity index (χ1n) is 16.0. The molecule has 0 N–H and O–H groups in total. The summed E-state index contributed by atoms with van der Waals surface area (Å²) in [6, 6.07) is 62.4. The molecule has 8 rings (SSSR count). The Labute approximate surface area is 271 Å². The molecule has 8 aromatic rings. The highest BCUT2D eigenvalue weighted by atomic mass is 14.2. The van der Waals surface area contributed by atoms with Gasteiger partial charge in [0.25, 0.3) is 0 Å². The van der Waals surface area contributed by atoms with E-state index in [1.807, 2.05) is 0 Å². The summed E-state index contributed by atoms with van der Waals surface area (Å²) in [5.74, 6) is 0. The van der Waals surface area contributed by atoms with E-state index in [4.69, 9.17) is 0 Å². The minimum absolute atomic E-state index is 1.21. The third-order valence-electron chi connectivity index (χ3n) is 9.15. The van der Waals surface area contributed by atoms with Gasteiger partial charge in [-0.05, 0) is 115 Å². The third kappa shape index (κ3) is 5.09. The van der Waals surface area contributed by atoms with Gasteiger partial charge in [0.05, 0.1) is 0 Å². The third-order valence-corrected chi connectivity index (χ3v) is 9.15. The van der Waals surface area contributed by atoms with Crippen molar-refractivity contribution in [2.45, 2.75) is 13.8 Å². The maximum Gasteiger partial charge on any atom is -0.00930 e. The van der Waals surface area contributed by atoms with Crippen LogP contribution in [-0.4, -0.2) is 0 Å². The van der Waals surface area contributed by atoms with Crippen LogP contribution in [0, 0.1) is 13.8 Å². The molecule has 0 aliphatic carbocycles. The zero-order valence-electron chi connectivity index (χ0n) is 26.2. The number of aryl methyl sites for hydroxylation is 2. The topological polar surface area (TPSA) is 0 Å². The van der Waals surface area contributed by atoms with Gasteiger partial charge in [0.2, 0.25) is 0 Å². The van der Waals surface area contributed by atoms with E-state index >= 15 is 0 Å². The highest BCUT2D eigenvalue weighted by Crippen LogP contribution is 2.43. The SMILES string of the molecule is Cc1cccc(-c2cccc3c(-c4ccccc4)cc(-c4cc(-c5ccccc5)c5cccc(-c6cccc(C)c6)c5c4)cc23)c1. The molecule has 46 heavy (non-hydrogen) atoms. The summed E-state index contributed by atoms with van der Waals surface area (Å²) in [5, 5.41) is 5.05. The molecule has 0 atom stereocenters. The van der Waals surface area contributed by atoms with Gasteiger partial charge in [0.1, 0.15) is 0 Å². The monoisotopic (exact) mass is 586 g/mol. The zero-order chi connectivity index (χ0) is 31.0. The van der Waals surface area contributed by atoms with E-state index in [1.54, 1.807) is 0 Å². The van der Waals surface area contributed by atoms with Crippen LogP contribution in [0.4, 0.5) is 0 Å². The number of hydrogen-bond donors (Lipinski definition) is 0. The van der Waals surface area contributed by atoms with Gasteiger partial charge in [-0.1, -0.05) is 157 Å². The fourth-order valence-electron chi connectivity index (χ4n) is 6.95. The summed E-state index contributed by atoms with van der Waals surface area (Å²) in [6.45, 7) is 4.34. The van der Waals surface area contributed by atoms with E-state index < -0.39 is 0 Å². The molecule has 0 aliphatic rings. The zero-order valence-corrected chi connectivity index (χ0v) is 26.2. The van der Waals surface area contributed by atoms with E-state index in [0.717, 1.165) is 0 Å². The van der Waals surface area contributed by atoms with E-state index in [9.17, 15) is 0 Å². The van der Waals surface area contributed by atoms with Crippen molar-refractivity contribution >= 4 is 21.5 Å². The van der Waals surface area contributed by atoms with Crippen molar-refractivity contribution in [3.63, 3.8) is 0 Å². The molecule has 0 heterocycles. The molecular weight excluding hydrogens is 553 g/mol. The Hall–Kier alpha value is -5.72. The van der Waals surface area contributed by atoms with Crippen LogP contribution in [-0.2, 0) is 0 Å². The first-order valence-corrected chi connectivity index (χ1v) is 16.0. The van der Waals surface area contributed by atoms with Crippen molar-refractivity contribution < 1.29 is 0 Å². The Morgan fingerprint density at radius 1 is 0.239 bits per heavy atom. The number of benzene rings is 8. The average molecular weight is 587 g/mol. The van der Waals surface area contributed by atoms with Gasteiger partial charge in [0.15, 0.2) is 0 Å². The number of fused-ring (bicyclic) bond motifs is 2. The highest BCUT2D eigenvalue weighted by Gasteiger charge is 2.16. The lowest BCUT2D eigenvalue weighted by atomic mass is 9.86. The van der Waals surface area contributed by atoms with Crippen molar-refractivity contribution in [3.8, 4) is 55.6 Å². The Morgan fingerprint density at radius 3 is 1.04 bits per heavy atom. The Bertz CT molecular complexity index is 2190. The standard InChI is InChI=1S/C46H34/c1-31-13-9-19-35(25-31)39-21-11-23-41-43(33-15-5-3-6-16-33)27-37(29-45(39)41)38-28-44(34-17-7-4-8-18-34)42-24-12-22-40(46(42)30-38)36-20-10-14-32(2)26-36/h3-30H,1-2H3. The molecule has 0 aromatic heterocycles. The fourth-order valence-corrected chi connectivity index (χ4v) is 6.95. The molecule has 8 aromatic carbocycles. The molecule has 0 saturated heterocycles. The number of rotatable bonds is 5. The van der Waals surface area contributed by atoms with Crippen LogP contribution in [0.15, 0.2) is 170 Å². The predicted octanol–water partition coefficient (Wildman–Crippen LogP) is 12.9. The van der Waals surface area contributed by atoms with Crippen LogP contribution in [0.5, 0.6) is 0 Å². The summed E-state index contributed by atoms with van der Waals surface area (Å²) < 4.78 is 0. The Balaban J connectivity index is 1.46. The molecule has 0 amide bonds. The van der Waals surface area contributed by atoms with Crippen molar-refractivity contribution in [1.29, 1.82) is 0 Å². The molecule has 0 bridgehead atoms. The van der Waals surface area contributed by atoms with Crippen molar-refractivity contribution in [3.05, 3.63) is 181 Å². The quantitative estimate of drug-likeness (QED) is 0.188. The van der Waals surface area contributed by atoms with Crippen LogP contribution < -0.4 is 0 Å². The second-order valence-electron chi connectivity index (χ2n) is 12.3. The summed E-state index contributed by atoms with van der Waals surface area (Å²) in [4.78, 5) is 0. The van der Waals surface area contributed by atoms with Crippen LogP contribution >= 0.6 is 0 Å². The van der Waals surface area contributed by atoms with Crippen LogP contribution in [0.1, 0.15) is 11.1 Å². The number of hydrogen-bond acceptors (Lipinski definition) is 0. The van der Waals surface area contributed by atoms with Crippen molar-refractivity contribution in [1.82, 2.24) is 0 Å². The second kappa shape index (κ2) is 11.7. The maximum absolute atomic E-state index is 2.41. The van der Waals surface area contributed by atoms with E-state index in [2.05, 4.69) is 184 Å². The van der Waals surface area contributed by atoms with E-state index in [0.29, 0.717) is 0 Å². The van der Waals surface area contributed by atoms with Gasteiger partial charge < -0.3 is 0 Å². The van der Waals surface area contributed by atoms with Gasteiger partial charge in [-0.15, -0.1) is 0 Å². The first kappa shape index (κ1) is 27.8. The molecule has 0 nitrogen and oxygen atoms in total. The molecule has 0 fully saturated rings. The largest absolute Gasteiger partial charge is 0.0622 e. The molecular formula is C46H34. The van der Waals surface area contributed by atoms with Crippen molar-refractivity contribution in [2.75, 3.05) is 0 Å². The molecule has 0 radical (unpaired) electrons. The smallest absolute Gasteiger partial charge is 0.00930 e. The summed E-state index contributed by atoms with van der Waals surface area (Å²) in [6.07, 6.45) is 0. The summed E-state index contributed by atoms with van der Waals surface area (Å²) in [7, 11) is 0. The predicted molar refractivity (Wildman–Crippen MR) is 198 cm³/mol. The van der Waals surface area contributed by atoms with Gasteiger partial charge >= 0.3 is 0 Å². The van der Waals surface area contributed by atoms with E-state index in [-0.39, 0.29) is 0 Å². The fraction of sp³-hybridized carbons (Fsp3) is 0.0435. The lowest BCUT2D eigenvalue weighted by Crippen LogP contribution is -1.91. The van der Waals surface area contributed by atoms with Crippen LogP contribution in [0.25, 0.3) is 77.2 Å². The molecule has 0 spiro atoms. The van der Waals surface area contributed by atoms with Crippen LogP contribution in [0.3, 0.4) is 0 Å². The highest BCUT2D eigenvalue weighted by molar-refractivity contribution is 6.10. The molecule has 0 aliphatic heterocycles. The first-order chi connectivity index (χ1) is 22.6. The van der Waals surface area contributed by atoms with Crippen molar-refractivity contribution in [2.24, 2.45) is 0 Å². The summed E-state index contributed by atoms with van der Waals surface area (Å²) >= 11 is 0. The lowest BCUT2D eigenvalue weighted by Gasteiger charge is -2.18. The Morgan fingerprint density at radius 2 is 0.630 bits per heavy atom.